The van der Waals surface area contributed by atoms with Gasteiger partial charge in [0.15, 0.2) is 0 Å². The third kappa shape index (κ3) is 3.73. The average molecular weight is 412 g/mol. The molecule has 9 heteroatoms. The van der Waals surface area contributed by atoms with E-state index >= 15 is 0 Å². The van der Waals surface area contributed by atoms with Crippen LogP contribution in [0.1, 0.15) is 43.4 Å². The average Bonchev–Trinajstić information content (AvgIpc) is 2.73. The molecule has 2 amide bonds. The number of hydrogen-bond donors (Lipinski definition) is 1. The Balaban J connectivity index is 2.23. The van der Waals surface area contributed by atoms with Crippen molar-refractivity contribution in [1.82, 2.24) is 14.5 Å². The van der Waals surface area contributed by atoms with Gasteiger partial charge in [-0.25, -0.2) is 9.78 Å². The number of ether oxygens (including phenoxy) is 3. The summed E-state index contributed by atoms with van der Waals surface area (Å²) >= 11 is 0. The summed E-state index contributed by atoms with van der Waals surface area (Å²) in [6, 6.07) is 6.79. The van der Waals surface area contributed by atoms with Gasteiger partial charge in [-0.15, -0.1) is 4.48 Å². The molecule has 0 aliphatic carbocycles. The molecule has 158 valence electrons. The van der Waals surface area contributed by atoms with Crippen molar-refractivity contribution >= 4 is 17.7 Å². The molecular formula is C21H26N5O4+. The molecule has 2 aromatic rings. The van der Waals surface area contributed by atoms with Crippen LogP contribution in [0.3, 0.4) is 0 Å². The first-order valence-electron chi connectivity index (χ1n) is 9.68. The van der Waals surface area contributed by atoms with Gasteiger partial charge < -0.3 is 19.9 Å². The van der Waals surface area contributed by atoms with Crippen LogP contribution < -0.4 is 15.0 Å². The number of primary amides is 1. The zero-order chi connectivity index (χ0) is 21.9. The first-order chi connectivity index (χ1) is 14.4. The Morgan fingerprint density at radius 2 is 2.03 bits per heavy atom. The molecule has 0 aromatic carbocycles. The quantitative estimate of drug-likeness (QED) is 0.572. The number of fused-ring (bicyclic) bond motifs is 1. The summed E-state index contributed by atoms with van der Waals surface area (Å²) in [6.45, 7) is 4.11. The van der Waals surface area contributed by atoms with Gasteiger partial charge in [0.1, 0.15) is 29.6 Å². The maximum atomic E-state index is 12.9. The Hall–Kier alpha value is -3.06. The second-order valence-corrected chi connectivity index (χ2v) is 7.31. The number of rotatable bonds is 6. The Morgan fingerprint density at radius 1 is 1.30 bits per heavy atom. The highest BCUT2D eigenvalue weighted by Crippen LogP contribution is 2.41. The molecule has 0 saturated carbocycles. The minimum absolute atomic E-state index is 0.156. The lowest BCUT2D eigenvalue weighted by Crippen LogP contribution is -2.56. The second-order valence-electron chi connectivity index (χ2n) is 7.31. The fraction of sp³-hybridized carbons (Fsp3) is 0.429. The fourth-order valence-electron chi connectivity index (χ4n) is 3.72. The molecule has 3 heterocycles. The Kier molecular flexibility index (Phi) is 6.31. The molecular weight excluding hydrogens is 386 g/mol. The van der Waals surface area contributed by atoms with Crippen molar-refractivity contribution in [2.75, 3.05) is 20.8 Å². The topological polar surface area (TPSA) is 120 Å². The van der Waals surface area contributed by atoms with E-state index in [2.05, 4.69) is 11.1 Å². The zero-order valence-electron chi connectivity index (χ0n) is 17.6. The highest BCUT2D eigenvalue weighted by molar-refractivity contribution is 5.92. The summed E-state index contributed by atoms with van der Waals surface area (Å²) in [7, 11) is 3.03. The highest BCUT2D eigenvalue weighted by atomic mass is 16.7. The second kappa shape index (κ2) is 8.75. The lowest BCUT2D eigenvalue weighted by atomic mass is 10.0. The van der Waals surface area contributed by atoms with Gasteiger partial charge in [-0.05, 0) is 32.4 Å². The summed E-state index contributed by atoms with van der Waals surface area (Å²) < 4.78 is 16.1. The Morgan fingerprint density at radius 3 is 2.63 bits per heavy atom. The van der Waals surface area contributed by atoms with Gasteiger partial charge >= 0.3 is 6.03 Å². The number of pyridine rings is 2. The summed E-state index contributed by atoms with van der Waals surface area (Å²) in [6.07, 6.45) is 2.04. The van der Waals surface area contributed by atoms with E-state index in [1.54, 1.807) is 6.07 Å². The number of urea groups is 1. The Bertz CT molecular complexity index is 984. The van der Waals surface area contributed by atoms with E-state index in [0.29, 0.717) is 29.6 Å². The molecule has 0 spiro atoms. The number of nitrogens with two attached hydrogens (primary N) is 1. The number of hydrogen-bond acceptors (Lipinski definition) is 7. The van der Waals surface area contributed by atoms with Crippen molar-refractivity contribution in [3.63, 3.8) is 0 Å². The van der Waals surface area contributed by atoms with Crippen LogP contribution in [0, 0.1) is 11.3 Å². The molecule has 30 heavy (non-hydrogen) atoms. The number of nitriles is 1. The highest BCUT2D eigenvalue weighted by Gasteiger charge is 2.47. The van der Waals surface area contributed by atoms with Crippen molar-refractivity contribution in [3.8, 4) is 11.8 Å². The Labute approximate surface area is 175 Å². The summed E-state index contributed by atoms with van der Waals surface area (Å²) in [5, 5.41) is 9.41. The molecule has 0 fully saturated rings. The maximum absolute atomic E-state index is 12.9. The van der Waals surface area contributed by atoms with E-state index < -0.39 is 12.3 Å². The van der Waals surface area contributed by atoms with E-state index in [-0.39, 0.29) is 16.2 Å². The number of methoxy groups -OCH3 is 2. The van der Waals surface area contributed by atoms with Crippen LogP contribution in [0.25, 0.3) is 0 Å². The van der Waals surface area contributed by atoms with E-state index in [9.17, 15) is 10.1 Å². The van der Waals surface area contributed by atoms with Gasteiger partial charge in [-0.3, -0.25) is 0 Å². The standard InChI is InChI=1S/C21H25N5O4/c1-13(2)30-17-10-18(24-12-15(17)11-22)26(21(23)27)9-5-6-14-7-8-16(25-19(14)26)20(28-3)29-4/h7-8,10,12-13,20H,5-6,9H2,1-4H3,(H-,23,27)/p+1. The predicted octanol–water partition coefficient (Wildman–Crippen LogP) is 3.09. The minimum atomic E-state index is -0.680. The SMILES string of the molecule is COC(OC)c1ccc2c(n1)[N+](C(N)=O)(c1cc(OC(C)C)c(C#N)cn1)CCC2. The third-order valence-electron chi connectivity index (χ3n) is 5.05. The molecule has 2 N–H and O–H groups in total. The van der Waals surface area contributed by atoms with Crippen LogP contribution in [0.2, 0.25) is 0 Å². The van der Waals surface area contributed by atoms with Gasteiger partial charge in [-0.1, -0.05) is 0 Å². The van der Waals surface area contributed by atoms with Gasteiger partial charge in [0, 0.05) is 26.2 Å². The molecule has 1 atom stereocenters. The predicted molar refractivity (Wildman–Crippen MR) is 110 cm³/mol. The van der Waals surface area contributed by atoms with E-state index in [0.717, 1.165) is 18.4 Å². The van der Waals surface area contributed by atoms with Gasteiger partial charge in [0.25, 0.3) is 0 Å². The maximum Gasteiger partial charge on any atom is 0.426 e. The number of carbonyl (C=O) groups is 1. The summed E-state index contributed by atoms with van der Waals surface area (Å²) in [5.41, 5.74) is 7.65. The third-order valence-corrected chi connectivity index (χ3v) is 5.05. The first-order valence-corrected chi connectivity index (χ1v) is 9.68. The number of aromatic nitrogens is 2. The van der Waals surface area contributed by atoms with Gasteiger partial charge in [0.05, 0.1) is 18.4 Å². The van der Waals surface area contributed by atoms with Crippen molar-refractivity contribution < 1.29 is 19.0 Å². The monoisotopic (exact) mass is 412 g/mol. The molecule has 0 bridgehead atoms. The molecule has 2 aromatic heterocycles. The number of quaternary nitrogens is 1. The minimum Gasteiger partial charge on any atom is -0.489 e. The molecule has 1 unspecified atom stereocenters. The van der Waals surface area contributed by atoms with Crippen LogP contribution in [0.5, 0.6) is 5.75 Å². The molecule has 1 aliphatic heterocycles. The normalized spacial score (nSPS) is 18.2. The molecule has 0 saturated heterocycles. The van der Waals surface area contributed by atoms with Crippen molar-refractivity contribution in [1.29, 1.82) is 5.26 Å². The summed E-state index contributed by atoms with van der Waals surface area (Å²) in [4.78, 5) is 22.0. The fourth-order valence-corrected chi connectivity index (χ4v) is 3.72. The first kappa shape index (κ1) is 21.6. The zero-order valence-corrected chi connectivity index (χ0v) is 17.6. The lowest BCUT2D eigenvalue weighted by Gasteiger charge is -2.35. The van der Waals surface area contributed by atoms with Crippen LogP contribution >= 0.6 is 0 Å². The van der Waals surface area contributed by atoms with Crippen LogP contribution in [-0.2, 0) is 15.9 Å². The number of nitrogens with zero attached hydrogens (tertiary/aromatic N) is 4. The largest absolute Gasteiger partial charge is 0.489 e. The number of carbonyl (C=O) groups excluding carboxylic acids is 1. The van der Waals surface area contributed by atoms with Crippen molar-refractivity contribution in [3.05, 3.63) is 41.2 Å². The summed E-state index contributed by atoms with van der Waals surface area (Å²) in [5.74, 6) is 1.19. The number of amides is 2. The number of aryl methyl sites for hydroxylation is 1. The van der Waals surface area contributed by atoms with Gasteiger partial charge in [0.2, 0.25) is 17.9 Å². The van der Waals surface area contributed by atoms with Crippen LogP contribution in [0.15, 0.2) is 24.4 Å². The van der Waals surface area contributed by atoms with Crippen molar-refractivity contribution in [2.45, 2.75) is 39.1 Å². The smallest absolute Gasteiger partial charge is 0.426 e. The van der Waals surface area contributed by atoms with E-state index in [4.69, 9.17) is 24.9 Å². The molecule has 9 nitrogen and oxygen atoms in total. The molecule has 1 aliphatic rings. The molecule has 3 rings (SSSR count). The van der Waals surface area contributed by atoms with Crippen molar-refractivity contribution in [2.24, 2.45) is 5.73 Å². The van der Waals surface area contributed by atoms with Crippen LogP contribution in [0.4, 0.5) is 16.4 Å². The lowest BCUT2D eigenvalue weighted by molar-refractivity contribution is -0.108. The van der Waals surface area contributed by atoms with Crippen LogP contribution in [-0.4, -0.2) is 42.9 Å². The van der Waals surface area contributed by atoms with E-state index in [1.165, 1.54) is 20.4 Å². The van der Waals surface area contributed by atoms with E-state index in [1.807, 2.05) is 26.0 Å². The molecule has 0 radical (unpaired) electrons. The van der Waals surface area contributed by atoms with Gasteiger partial charge in [-0.2, -0.15) is 10.2 Å².